The first kappa shape index (κ1) is 23.2. The van der Waals surface area contributed by atoms with Gasteiger partial charge in [0.25, 0.3) is 5.89 Å². The fourth-order valence-electron chi connectivity index (χ4n) is 3.05. The zero-order chi connectivity index (χ0) is 24.1. The normalized spacial score (nSPS) is 11.6. The Bertz CT molecular complexity index is 1240. The largest absolute Gasteiger partial charge is 0.573 e. The van der Waals surface area contributed by atoms with Gasteiger partial charge in [0.15, 0.2) is 0 Å². The van der Waals surface area contributed by atoms with Crippen LogP contribution in [0.1, 0.15) is 11.4 Å². The van der Waals surface area contributed by atoms with Gasteiger partial charge < -0.3 is 18.7 Å². The highest BCUT2D eigenvalue weighted by Gasteiger charge is 2.31. The third kappa shape index (κ3) is 5.90. The fraction of sp³-hybridized carbons (Fsp3) is 0.273. The van der Waals surface area contributed by atoms with E-state index in [-0.39, 0.29) is 23.3 Å². The number of halogens is 3. The van der Waals surface area contributed by atoms with Crippen LogP contribution in [0.4, 0.5) is 13.2 Å². The Morgan fingerprint density at radius 1 is 0.971 bits per heavy atom. The highest BCUT2D eigenvalue weighted by atomic mass is 19.4. The average molecular weight is 475 g/mol. The molecular weight excluding hydrogens is 455 g/mol. The quantitative estimate of drug-likeness (QED) is 0.331. The SMILES string of the molecule is COCCOc1cccc(Cn2nc(-c3nc(-c4ccc(OC(F)(F)F)cc4)no3)nc2C)c1. The number of aromatic nitrogens is 5. The van der Waals surface area contributed by atoms with Crippen molar-refractivity contribution in [2.75, 3.05) is 20.3 Å². The second-order valence-electron chi connectivity index (χ2n) is 7.12. The predicted molar refractivity (Wildman–Crippen MR) is 113 cm³/mol. The second-order valence-corrected chi connectivity index (χ2v) is 7.12. The molecule has 0 aliphatic rings. The molecule has 0 aliphatic carbocycles. The van der Waals surface area contributed by atoms with Gasteiger partial charge in [0.2, 0.25) is 11.6 Å². The minimum absolute atomic E-state index is 0.0871. The standard InChI is InChI=1S/C22H20F3N5O4/c1-14-26-20(28-30(14)13-15-4-3-5-18(12-15)32-11-10-31-2)21-27-19(29-34-21)16-6-8-17(9-7-16)33-22(23,24)25/h3-9,12H,10-11,13H2,1-2H3. The molecule has 178 valence electrons. The van der Waals surface area contributed by atoms with E-state index in [1.807, 2.05) is 24.3 Å². The summed E-state index contributed by atoms with van der Waals surface area (Å²) in [6.45, 7) is 3.19. The van der Waals surface area contributed by atoms with E-state index in [1.54, 1.807) is 18.7 Å². The van der Waals surface area contributed by atoms with Crippen LogP contribution >= 0.6 is 0 Å². The number of nitrogens with zero attached hydrogens (tertiary/aromatic N) is 5. The Morgan fingerprint density at radius 2 is 1.76 bits per heavy atom. The molecule has 9 nitrogen and oxygen atoms in total. The number of hydrogen-bond acceptors (Lipinski definition) is 8. The van der Waals surface area contributed by atoms with E-state index in [0.29, 0.717) is 31.1 Å². The Kier molecular flexibility index (Phi) is 6.77. The number of hydrogen-bond donors (Lipinski definition) is 0. The van der Waals surface area contributed by atoms with Gasteiger partial charge in [-0.25, -0.2) is 9.67 Å². The molecule has 0 amide bonds. The predicted octanol–water partition coefficient (Wildman–Crippen LogP) is 4.28. The molecule has 0 unspecified atom stereocenters. The van der Waals surface area contributed by atoms with Crippen molar-refractivity contribution in [3.8, 4) is 34.6 Å². The van der Waals surface area contributed by atoms with E-state index in [9.17, 15) is 13.2 Å². The molecule has 4 aromatic rings. The van der Waals surface area contributed by atoms with Crippen molar-refractivity contribution < 1.29 is 31.9 Å². The Hall–Kier alpha value is -3.93. The van der Waals surface area contributed by atoms with Gasteiger partial charge in [-0.3, -0.25) is 0 Å². The second kappa shape index (κ2) is 9.91. The van der Waals surface area contributed by atoms with Gasteiger partial charge >= 0.3 is 6.36 Å². The summed E-state index contributed by atoms with van der Waals surface area (Å²) >= 11 is 0. The number of benzene rings is 2. The van der Waals surface area contributed by atoms with Crippen molar-refractivity contribution in [2.45, 2.75) is 19.8 Å². The van der Waals surface area contributed by atoms with E-state index in [1.165, 1.54) is 24.3 Å². The number of methoxy groups -OCH3 is 1. The lowest BCUT2D eigenvalue weighted by molar-refractivity contribution is -0.274. The Balaban J connectivity index is 1.46. The summed E-state index contributed by atoms with van der Waals surface area (Å²) in [6.07, 6.45) is -4.76. The van der Waals surface area contributed by atoms with Crippen LogP contribution in [0.15, 0.2) is 53.1 Å². The molecular formula is C22H20F3N5O4. The Labute approximate surface area is 192 Å². The van der Waals surface area contributed by atoms with Gasteiger partial charge in [-0.2, -0.15) is 4.98 Å². The zero-order valence-corrected chi connectivity index (χ0v) is 18.2. The van der Waals surface area contributed by atoms with Crippen LogP contribution in [0.5, 0.6) is 11.5 Å². The van der Waals surface area contributed by atoms with E-state index >= 15 is 0 Å². The van der Waals surface area contributed by atoms with Gasteiger partial charge in [0, 0.05) is 12.7 Å². The van der Waals surface area contributed by atoms with E-state index < -0.39 is 6.36 Å². The van der Waals surface area contributed by atoms with Crippen molar-refractivity contribution in [2.24, 2.45) is 0 Å². The van der Waals surface area contributed by atoms with Gasteiger partial charge in [-0.1, -0.05) is 17.3 Å². The lowest BCUT2D eigenvalue weighted by Crippen LogP contribution is -2.16. The average Bonchev–Trinajstić information content (AvgIpc) is 3.41. The maximum absolute atomic E-state index is 12.3. The summed E-state index contributed by atoms with van der Waals surface area (Å²) in [7, 11) is 1.61. The highest BCUT2D eigenvalue weighted by Crippen LogP contribution is 2.26. The van der Waals surface area contributed by atoms with Gasteiger partial charge in [-0.15, -0.1) is 18.3 Å². The maximum atomic E-state index is 12.3. The summed E-state index contributed by atoms with van der Waals surface area (Å²) < 4.78 is 58.4. The van der Waals surface area contributed by atoms with Crippen LogP contribution in [-0.4, -0.2) is 51.6 Å². The molecule has 4 rings (SSSR count). The number of aryl methyl sites for hydroxylation is 1. The van der Waals surface area contributed by atoms with Crippen LogP contribution in [0.2, 0.25) is 0 Å². The van der Waals surface area contributed by atoms with Crippen molar-refractivity contribution in [3.63, 3.8) is 0 Å². The molecule has 0 radical (unpaired) electrons. The number of alkyl halides is 3. The third-order valence-corrected chi connectivity index (χ3v) is 4.61. The first-order valence-electron chi connectivity index (χ1n) is 10.1. The molecule has 0 N–H and O–H groups in total. The molecule has 0 saturated carbocycles. The molecule has 0 spiro atoms. The molecule has 0 fully saturated rings. The molecule has 0 atom stereocenters. The van der Waals surface area contributed by atoms with Crippen LogP contribution in [0.3, 0.4) is 0 Å². The Morgan fingerprint density at radius 3 is 2.50 bits per heavy atom. The number of ether oxygens (including phenoxy) is 3. The van der Waals surface area contributed by atoms with Crippen molar-refractivity contribution in [1.29, 1.82) is 0 Å². The van der Waals surface area contributed by atoms with E-state index in [2.05, 4.69) is 25.0 Å². The van der Waals surface area contributed by atoms with Crippen molar-refractivity contribution >= 4 is 0 Å². The first-order chi connectivity index (χ1) is 16.3. The minimum atomic E-state index is -4.76. The molecule has 2 aromatic carbocycles. The van der Waals surface area contributed by atoms with Gasteiger partial charge in [-0.05, 0) is 48.9 Å². The van der Waals surface area contributed by atoms with Crippen LogP contribution in [-0.2, 0) is 11.3 Å². The van der Waals surface area contributed by atoms with Gasteiger partial charge in [0.1, 0.15) is 23.9 Å². The molecule has 2 heterocycles. The summed E-state index contributed by atoms with van der Waals surface area (Å²) in [5, 5.41) is 8.32. The lowest BCUT2D eigenvalue weighted by atomic mass is 10.2. The molecule has 0 bridgehead atoms. The van der Waals surface area contributed by atoms with E-state index in [4.69, 9.17) is 14.0 Å². The fourth-order valence-corrected chi connectivity index (χ4v) is 3.05. The summed E-state index contributed by atoms with van der Waals surface area (Å²) in [5.41, 5.74) is 1.41. The van der Waals surface area contributed by atoms with Crippen LogP contribution < -0.4 is 9.47 Å². The smallest absolute Gasteiger partial charge is 0.491 e. The van der Waals surface area contributed by atoms with E-state index in [0.717, 1.165) is 11.3 Å². The van der Waals surface area contributed by atoms with Gasteiger partial charge in [0.05, 0.1) is 13.2 Å². The summed E-state index contributed by atoms with van der Waals surface area (Å²) in [4.78, 5) is 8.65. The molecule has 0 aliphatic heterocycles. The van der Waals surface area contributed by atoms with Crippen LogP contribution in [0, 0.1) is 6.92 Å². The summed E-state index contributed by atoms with van der Waals surface area (Å²) in [6, 6.07) is 12.7. The lowest BCUT2D eigenvalue weighted by Gasteiger charge is -2.08. The maximum Gasteiger partial charge on any atom is 0.573 e. The minimum Gasteiger partial charge on any atom is -0.491 e. The molecule has 0 saturated heterocycles. The first-order valence-corrected chi connectivity index (χ1v) is 10.1. The zero-order valence-electron chi connectivity index (χ0n) is 18.2. The number of rotatable bonds is 9. The van der Waals surface area contributed by atoms with Crippen molar-refractivity contribution in [1.82, 2.24) is 24.9 Å². The molecule has 2 aromatic heterocycles. The van der Waals surface area contributed by atoms with Crippen LogP contribution in [0.25, 0.3) is 23.1 Å². The topological polar surface area (TPSA) is 97.3 Å². The monoisotopic (exact) mass is 475 g/mol. The third-order valence-electron chi connectivity index (χ3n) is 4.61. The van der Waals surface area contributed by atoms with Crippen molar-refractivity contribution in [3.05, 3.63) is 59.9 Å². The molecule has 12 heteroatoms. The molecule has 34 heavy (non-hydrogen) atoms. The summed E-state index contributed by atoms with van der Waals surface area (Å²) in [5.74, 6) is 1.52. The highest BCUT2D eigenvalue weighted by molar-refractivity contribution is 5.57.